The second-order valence-electron chi connectivity index (χ2n) is 5.23. The van der Waals surface area contributed by atoms with E-state index in [2.05, 4.69) is 16.0 Å². The summed E-state index contributed by atoms with van der Waals surface area (Å²) in [6.45, 7) is 2.01. The van der Waals surface area contributed by atoms with Gasteiger partial charge in [-0.05, 0) is 43.3 Å². The van der Waals surface area contributed by atoms with Gasteiger partial charge in [0.1, 0.15) is 5.82 Å². The predicted octanol–water partition coefficient (Wildman–Crippen LogP) is 4.45. The molecule has 1 N–H and O–H groups in total. The molecule has 0 saturated carbocycles. The number of nitrogens with zero attached hydrogens (tertiary/aromatic N) is 2. The summed E-state index contributed by atoms with van der Waals surface area (Å²) in [6, 6.07) is 16.1. The number of ether oxygens (including phenoxy) is 1. The Bertz CT molecular complexity index is 938. The molecular formula is C19H14ClN3O2. The molecule has 0 unspecified atom stereocenters. The molecule has 2 aromatic carbocycles. The number of carbonyl (C=O) groups is 1. The van der Waals surface area contributed by atoms with Gasteiger partial charge < -0.3 is 9.72 Å². The minimum Gasteiger partial charge on any atom is -0.461 e. The highest BCUT2D eigenvalue weighted by atomic mass is 35.5. The standard InChI is InChI=1S/C19H14ClN3O2/c1-2-25-19(24)17-16(13-7-9-15(20)10-8-13)22-18(23-17)14-5-3-12(11-21)4-6-14/h3-10H,2H2,1H3,(H,22,23). The first-order valence-corrected chi connectivity index (χ1v) is 8.03. The minimum absolute atomic E-state index is 0.212. The van der Waals surface area contributed by atoms with Gasteiger partial charge in [0.05, 0.1) is 23.9 Å². The number of aromatic amines is 1. The maximum Gasteiger partial charge on any atom is 0.359 e. The molecule has 0 aliphatic rings. The lowest BCUT2D eigenvalue weighted by molar-refractivity contribution is 0.0521. The third kappa shape index (κ3) is 3.54. The number of H-pyrrole nitrogens is 1. The first-order chi connectivity index (χ1) is 12.1. The van der Waals surface area contributed by atoms with Crippen LogP contribution in [0.25, 0.3) is 22.6 Å². The van der Waals surface area contributed by atoms with E-state index in [1.54, 1.807) is 55.5 Å². The van der Waals surface area contributed by atoms with Gasteiger partial charge in [-0.15, -0.1) is 0 Å². The van der Waals surface area contributed by atoms with Crippen molar-refractivity contribution in [2.45, 2.75) is 6.92 Å². The maximum atomic E-state index is 12.3. The molecule has 1 heterocycles. The van der Waals surface area contributed by atoms with E-state index in [0.717, 1.165) is 11.1 Å². The molecule has 0 aliphatic heterocycles. The summed E-state index contributed by atoms with van der Waals surface area (Å²) in [6.07, 6.45) is 0. The van der Waals surface area contributed by atoms with E-state index in [-0.39, 0.29) is 12.3 Å². The second-order valence-corrected chi connectivity index (χ2v) is 5.66. The highest BCUT2D eigenvalue weighted by Crippen LogP contribution is 2.28. The number of imidazole rings is 1. The Morgan fingerprint density at radius 2 is 1.80 bits per heavy atom. The van der Waals surface area contributed by atoms with Crippen LogP contribution in [-0.4, -0.2) is 22.5 Å². The summed E-state index contributed by atoms with van der Waals surface area (Å²) >= 11 is 5.94. The highest BCUT2D eigenvalue weighted by molar-refractivity contribution is 6.30. The van der Waals surface area contributed by atoms with Crippen molar-refractivity contribution >= 4 is 17.6 Å². The average Bonchev–Trinajstić information content (AvgIpc) is 3.08. The van der Waals surface area contributed by atoms with Crippen LogP contribution in [0.2, 0.25) is 5.02 Å². The summed E-state index contributed by atoms with van der Waals surface area (Å²) in [5, 5.41) is 9.51. The van der Waals surface area contributed by atoms with E-state index in [9.17, 15) is 4.79 Å². The van der Waals surface area contributed by atoms with Gasteiger partial charge in [0.25, 0.3) is 0 Å². The fraction of sp³-hybridized carbons (Fsp3) is 0.105. The van der Waals surface area contributed by atoms with E-state index >= 15 is 0 Å². The van der Waals surface area contributed by atoms with Crippen LogP contribution in [0.5, 0.6) is 0 Å². The molecule has 25 heavy (non-hydrogen) atoms. The third-order valence-corrected chi connectivity index (χ3v) is 3.84. The summed E-state index contributed by atoms with van der Waals surface area (Å²) in [7, 11) is 0. The first kappa shape index (κ1) is 16.7. The summed E-state index contributed by atoms with van der Waals surface area (Å²) in [4.78, 5) is 19.9. The lowest BCUT2D eigenvalue weighted by Crippen LogP contribution is -2.06. The molecule has 0 aliphatic carbocycles. The van der Waals surface area contributed by atoms with Crippen LogP contribution in [0.15, 0.2) is 48.5 Å². The molecule has 3 rings (SSSR count). The molecule has 124 valence electrons. The topological polar surface area (TPSA) is 78.8 Å². The van der Waals surface area contributed by atoms with E-state index in [0.29, 0.717) is 22.1 Å². The van der Waals surface area contributed by atoms with Gasteiger partial charge >= 0.3 is 5.97 Å². The van der Waals surface area contributed by atoms with E-state index in [4.69, 9.17) is 21.6 Å². The van der Waals surface area contributed by atoms with Crippen LogP contribution < -0.4 is 0 Å². The number of nitrogens with one attached hydrogen (secondary N) is 1. The van der Waals surface area contributed by atoms with Crippen LogP contribution in [0.3, 0.4) is 0 Å². The molecule has 0 atom stereocenters. The maximum absolute atomic E-state index is 12.3. The highest BCUT2D eigenvalue weighted by Gasteiger charge is 2.20. The fourth-order valence-corrected chi connectivity index (χ4v) is 2.51. The Labute approximate surface area is 149 Å². The number of halogens is 1. The van der Waals surface area contributed by atoms with Crippen molar-refractivity contribution < 1.29 is 9.53 Å². The SMILES string of the molecule is CCOC(=O)c1nc(-c2ccc(C#N)cc2)[nH]c1-c1ccc(Cl)cc1. The zero-order valence-electron chi connectivity index (χ0n) is 13.4. The number of rotatable bonds is 4. The number of nitriles is 1. The molecular weight excluding hydrogens is 338 g/mol. The Hall–Kier alpha value is -3.10. The van der Waals surface area contributed by atoms with Crippen LogP contribution in [0.4, 0.5) is 0 Å². The Kier molecular flexibility index (Phi) is 4.82. The van der Waals surface area contributed by atoms with Crippen LogP contribution in [0, 0.1) is 11.3 Å². The second kappa shape index (κ2) is 7.20. The number of carbonyl (C=O) groups excluding carboxylic acids is 1. The van der Waals surface area contributed by atoms with Gasteiger partial charge in [0, 0.05) is 16.1 Å². The Morgan fingerprint density at radius 1 is 1.16 bits per heavy atom. The summed E-state index contributed by atoms with van der Waals surface area (Å²) in [5.41, 5.74) is 2.88. The van der Waals surface area contributed by atoms with Crippen molar-refractivity contribution in [3.05, 3.63) is 64.8 Å². The monoisotopic (exact) mass is 351 g/mol. The van der Waals surface area contributed by atoms with Gasteiger partial charge in [-0.2, -0.15) is 5.26 Å². The minimum atomic E-state index is -0.497. The Morgan fingerprint density at radius 3 is 2.40 bits per heavy atom. The quantitative estimate of drug-likeness (QED) is 0.704. The smallest absolute Gasteiger partial charge is 0.359 e. The molecule has 0 amide bonds. The Balaban J connectivity index is 2.09. The zero-order valence-corrected chi connectivity index (χ0v) is 14.2. The number of esters is 1. The van der Waals surface area contributed by atoms with Crippen molar-refractivity contribution in [1.82, 2.24) is 9.97 Å². The van der Waals surface area contributed by atoms with Gasteiger partial charge in [-0.3, -0.25) is 0 Å². The van der Waals surface area contributed by atoms with Crippen LogP contribution in [0.1, 0.15) is 23.0 Å². The van der Waals surface area contributed by atoms with Crippen molar-refractivity contribution in [2.75, 3.05) is 6.61 Å². The molecule has 6 heteroatoms. The molecule has 0 radical (unpaired) electrons. The number of aromatic nitrogens is 2. The van der Waals surface area contributed by atoms with E-state index < -0.39 is 5.97 Å². The lowest BCUT2D eigenvalue weighted by Gasteiger charge is -2.02. The van der Waals surface area contributed by atoms with Crippen LogP contribution in [-0.2, 0) is 4.74 Å². The number of benzene rings is 2. The molecule has 0 fully saturated rings. The van der Waals surface area contributed by atoms with Gasteiger partial charge in [0.2, 0.25) is 0 Å². The molecule has 0 saturated heterocycles. The molecule has 0 bridgehead atoms. The van der Waals surface area contributed by atoms with Crippen LogP contribution >= 0.6 is 11.6 Å². The lowest BCUT2D eigenvalue weighted by atomic mass is 10.1. The van der Waals surface area contributed by atoms with E-state index in [1.807, 2.05) is 0 Å². The average molecular weight is 352 g/mol. The van der Waals surface area contributed by atoms with Crippen molar-refractivity contribution in [3.63, 3.8) is 0 Å². The first-order valence-electron chi connectivity index (χ1n) is 7.66. The van der Waals surface area contributed by atoms with Gasteiger partial charge in [-0.25, -0.2) is 9.78 Å². The van der Waals surface area contributed by atoms with Crippen molar-refractivity contribution in [2.24, 2.45) is 0 Å². The normalized spacial score (nSPS) is 10.3. The molecule has 1 aromatic heterocycles. The molecule has 3 aromatic rings. The number of hydrogen-bond donors (Lipinski definition) is 1. The largest absolute Gasteiger partial charge is 0.461 e. The summed E-state index contributed by atoms with van der Waals surface area (Å²) < 4.78 is 5.11. The molecule has 5 nitrogen and oxygen atoms in total. The zero-order chi connectivity index (χ0) is 17.8. The van der Waals surface area contributed by atoms with Gasteiger partial charge in [0.15, 0.2) is 5.69 Å². The molecule has 0 spiro atoms. The van der Waals surface area contributed by atoms with Crippen molar-refractivity contribution in [3.8, 4) is 28.7 Å². The fourth-order valence-electron chi connectivity index (χ4n) is 2.39. The van der Waals surface area contributed by atoms with E-state index in [1.165, 1.54) is 0 Å². The predicted molar refractivity (Wildman–Crippen MR) is 95.1 cm³/mol. The van der Waals surface area contributed by atoms with Crippen molar-refractivity contribution in [1.29, 1.82) is 5.26 Å². The number of hydrogen-bond acceptors (Lipinski definition) is 4. The van der Waals surface area contributed by atoms with Gasteiger partial charge in [-0.1, -0.05) is 23.7 Å². The third-order valence-electron chi connectivity index (χ3n) is 3.59. The summed E-state index contributed by atoms with van der Waals surface area (Å²) in [5.74, 6) is 0.0288.